The molecule has 0 aliphatic carbocycles. The van der Waals surface area contributed by atoms with E-state index in [4.69, 9.17) is 4.74 Å². The highest BCUT2D eigenvalue weighted by molar-refractivity contribution is 5.80. The topological polar surface area (TPSA) is 29.5 Å². The lowest BCUT2D eigenvalue weighted by molar-refractivity contribution is -0.142. The van der Waals surface area contributed by atoms with E-state index in [0.717, 1.165) is 31.5 Å². The fourth-order valence-corrected chi connectivity index (χ4v) is 2.24. The van der Waals surface area contributed by atoms with Crippen LogP contribution in [0, 0.1) is 0 Å². The SMILES string of the molecule is COC(=O)[C@@H]1CCCCN1c1ccccc1. The molecule has 0 radical (unpaired) electrons. The Hall–Kier alpha value is -1.51. The van der Waals surface area contributed by atoms with Gasteiger partial charge in [-0.05, 0) is 31.4 Å². The van der Waals surface area contributed by atoms with Crippen LogP contribution in [0.4, 0.5) is 5.69 Å². The Morgan fingerprint density at radius 3 is 2.75 bits per heavy atom. The number of nitrogens with zero attached hydrogens (tertiary/aromatic N) is 1. The normalized spacial score (nSPS) is 20.6. The summed E-state index contributed by atoms with van der Waals surface area (Å²) < 4.78 is 4.86. The molecule has 3 nitrogen and oxygen atoms in total. The number of para-hydroxylation sites is 1. The number of methoxy groups -OCH3 is 1. The monoisotopic (exact) mass is 219 g/mol. The van der Waals surface area contributed by atoms with Gasteiger partial charge in [-0.1, -0.05) is 18.2 Å². The zero-order chi connectivity index (χ0) is 11.4. The van der Waals surface area contributed by atoms with Crippen LogP contribution in [-0.4, -0.2) is 25.7 Å². The van der Waals surface area contributed by atoms with Crippen LogP contribution in [0.2, 0.25) is 0 Å². The quantitative estimate of drug-likeness (QED) is 0.714. The maximum absolute atomic E-state index is 11.7. The summed E-state index contributed by atoms with van der Waals surface area (Å²) in [4.78, 5) is 13.8. The molecule has 0 saturated carbocycles. The third-order valence-electron chi connectivity index (χ3n) is 3.06. The predicted molar refractivity (Wildman–Crippen MR) is 63.4 cm³/mol. The first-order valence-electron chi connectivity index (χ1n) is 5.72. The highest BCUT2D eigenvalue weighted by Crippen LogP contribution is 2.24. The van der Waals surface area contributed by atoms with Crippen molar-refractivity contribution in [3.63, 3.8) is 0 Å². The summed E-state index contributed by atoms with van der Waals surface area (Å²) in [6.07, 6.45) is 3.13. The number of piperidine rings is 1. The zero-order valence-electron chi connectivity index (χ0n) is 9.56. The summed E-state index contributed by atoms with van der Waals surface area (Å²) >= 11 is 0. The zero-order valence-corrected chi connectivity index (χ0v) is 9.56. The second-order valence-corrected chi connectivity index (χ2v) is 4.06. The van der Waals surface area contributed by atoms with Crippen LogP contribution in [0.1, 0.15) is 19.3 Å². The van der Waals surface area contributed by atoms with Gasteiger partial charge in [0.1, 0.15) is 6.04 Å². The van der Waals surface area contributed by atoms with Gasteiger partial charge in [-0.3, -0.25) is 0 Å². The van der Waals surface area contributed by atoms with E-state index < -0.39 is 0 Å². The maximum atomic E-state index is 11.7. The number of benzene rings is 1. The highest BCUT2D eigenvalue weighted by Gasteiger charge is 2.29. The highest BCUT2D eigenvalue weighted by atomic mass is 16.5. The summed E-state index contributed by atoms with van der Waals surface area (Å²) in [6.45, 7) is 0.934. The van der Waals surface area contributed by atoms with E-state index in [9.17, 15) is 4.79 Å². The van der Waals surface area contributed by atoms with Gasteiger partial charge in [0.05, 0.1) is 7.11 Å². The van der Waals surface area contributed by atoms with Gasteiger partial charge >= 0.3 is 5.97 Å². The number of hydrogen-bond acceptors (Lipinski definition) is 3. The molecule has 0 amide bonds. The van der Waals surface area contributed by atoms with Crippen molar-refractivity contribution < 1.29 is 9.53 Å². The van der Waals surface area contributed by atoms with E-state index in [1.807, 2.05) is 30.3 Å². The van der Waals surface area contributed by atoms with E-state index in [2.05, 4.69) is 4.90 Å². The Kier molecular flexibility index (Phi) is 3.44. The molecule has 1 aromatic carbocycles. The Labute approximate surface area is 96.0 Å². The standard InChI is InChI=1S/C13H17NO2/c1-16-13(15)12-9-5-6-10-14(12)11-7-3-2-4-8-11/h2-4,7-8,12H,5-6,9-10H2,1H3/t12-/m0/s1. The molecule has 1 saturated heterocycles. The number of carbonyl (C=O) groups is 1. The van der Waals surface area contributed by atoms with E-state index in [1.165, 1.54) is 7.11 Å². The van der Waals surface area contributed by atoms with Gasteiger partial charge in [0, 0.05) is 12.2 Å². The number of rotatable bonds is 2. The van der Waals surface area contributed by atoms with Crippen LogP contribution < -0.4 is 4.90 Å². The van der Waals surface area contributed by atoms with Gasteiger partial charge in [0.25, 0.3) is 0 Å². The largest absolute Gasteiger partial charge is 0.467 e. The fraction of sp³-hybridized carbons (Fsp3) is 0.462. The van der Waals surface area contributed by atoms with Crippen molar-refractivity contribution >= 4 is 11.7 Å². The first-order chi connectivity index (χ1) is 7.83. The minimum atomic E-state index is -0.122. The van der Waals surface area contributed by atoms with Gasteiger partial charge in [0.15, 0.2) is 0 Å². The Bertz CT molecular complexity index is 350. The van der Waals surface area contributed by atoms with Crippen molar-refractivity contribution in [1.29, 1.82) is 0 Å². The lowest BCUT2D eigenvalue weighted by Gasteiger charge is -2.35. The molecular formula is C13H17NO2. The molecule has 86 valence electrons. The molecule has 1 aliphatic heterocycles. The molecule has 1 heterocycles. The minimum absolute atomic E-state index is 0.110. The average Bonchev–Trinajstić information content (AvgIpc) is 2.39. The summed E-state index contributed by atoms with van der Waals surface area (Å²) in [5.74, 6) is -0.122. The van der Waals surface area contributed by atoms with E-state index in [0.29, 0.717) is 0 Å². The molecule has 0 bridgehead atoms. The van der Waals surface area contributed by atoms with Gasteiger partial charge in [-0.25, -0.2) is 4.79 Å². The summed E-state index contributed by atoms with van der Waals surface area (Å²) in [7, 11) is 1.46. The molecular weight excluding hydrogens is 202 g/mol. The molecule has 2 rings (SSSR count). The van der Waals surface area contributed by atoms with Crippen molar-refractivity contribution in [2.45, 2.75) is 25.3 Å². The number of esters is 1. The smallest absolute Gasteiger partial charge is 0.328 e. The Morgan fingerprint density at radius 2 is 2.06 bits per heavy atom. The first-order valence-corrected chi connectivity index (χ1v) is 5.72. The number of ether oxygens (including phenoxy) is 1. The van der Waals surface area contributed by atoms with Crippen LogP contribution >= 0.6 is 0 Å². The molecule has 0 spiro atoms. The summed E-state index contributed by atoms with van der Waals surface area (Å²) in [5, 5.41) is 0. The van der Waals surface area contributed by atoms with Crippen molar-refractivity contribution in [1.82, 2.24) is 0 Å². The predicted octanol–water partition coefficient (Wildman–Crippen LogP) is 2.22. The Morgan fingerprint density at radius 1 is 1.31 bits per heavy atom. The van der Waals surface area contributed by atoms with Gasteiger partial charge in [-0.2, -0.15) is 0 Å². The second-order valence-electron chi connectivity index (χ2n) is 4.06. The average molecular weight is 219 g/mol. The molecule has 1 fully saturated rings. The number of hydrogen-bond donors (Lipinski definition) is 0. The molecule has 1 aliphatic rings. The molecule has 16 heavy (non-hydrogen) atoms. The number of carbonyl (C=O) groups excluding carboxylic acids is 1. The third-order valence-corrected chi connectivity index (χ3v) is 3.06. The molecule has 1 atom stereocenters. The lowest BCUT2D eigenvalue weighted by Crippen LogP contribution is -2.45. The second kappa shape index (κ2) is 5.01. The van der Waals surface area contributed by atoms with Gasteiger partial charge in [0.2, 0.25) is 0 Å². The van der Waals surface area contributed by atoms with E-state index in [-0.39, 0.29) is 12.0 Å². The van der Waals surface area contributed by atoms with Crippen LogP contribution in [0.5, 0.6) is 0 Å². The van der Waals surface area contributed by atoms with Crippen LogP contribution in [-0.2, 0) is 9.53 Å². The summed E-state index contributed by atoms with van der Waals surface area (Å²) in [5.41, 5.74) is 1.11. The fourth-order valence-electron chi connectivity index (χ4n) is 2.24. The molecule has 0 aromatic heterocycles. The lowest BCUT2D eigenvalue weighted by atomic mass is 10.0. The van der Waals surface area contributed by atoms with Crippen molar-refractivity contribution in [3.8, 4) is 0 Å². The van der Waals surface area contributed by atoms with Crippen LogP contribution in [0.15, 0.2) is 30.3 Å². The van der Waals surface area contributed by atoms with Crippen molar-refractivity contribution in [2.75, 3.05) is 18.6 Å². The molecule has 3 heteroatoms. The van der Waals surface area contributed by atoms with Crippen LogP contribution in [0.25, 0.3) is 0 Å². The van der Waals surface area contributed by atoms with Crippen molar-refractivity contribution in [3.05, 3.63) is 30.3 Å². The minimum Gasteiger partial charge on any atom is -0.467 e. The maximum Gasteiger partial charge on any atom is 0.328 e. The van der Waals surface area contributed by atoms with Gasteiger partial charge < -0.3 is 9.64 Å². The van der Waals surface area contributed by atoms with Gasteiger partial charge in [-0.15, -0.1) is 0 Å². The molecule has 1 aromatic rings. The Balaban J connectivity index is 2.20. The molecule has 0 N–H and O–H groups in total. The summed E-state index contributed by atoms with van der Waals surface area (Å²) in [6, 6.07) is 9.96. The molecule has 0 unspecified atom stereocenters. The van der Waals surface area contributed by atoms with Crippen LogP contribution in [0.3, 0.4) is 0 Å². The van der Waals surface area contributed by atoms with E-state index >= 15 is 0 Å². The third kappa shape index (κ3) is 2.18. The van der Waals surface area contributed by atoms with E-state index in [1.54, 1.807) is 0 Å². The number of anilines is 1. The first kappa shape index (κ1) is 11.0. The van der Waals surface area contributed by atoms with Crippen molar-refractivity contribution in [2.24, 2.45) is 0 Å².